The molecule has 10 heteroatoms. The number of thioether (sulfide) groups is 1. The number of nitrogens with zero attached hydrogens (tertiary/aromatic N) is 2. The molecule has 0 aliphatic heterocycles. The van der Waals surface area contributed by atoms with Crippen LogP contribution in [-0.4, -0.2) is 28.3 Å². The van der Waals surface area contributed by atoms with Crippen LogP contribution >= 0.6 is 11.8 Å². The molecule has 3 aromatic carbocycles. The van der Waals surface area contributed by atoms with Crippen molar-refractivity contribution < 1.29 is 22.7 Å². The topological polar surface area (TPSA) is 73.2 Å². The number of methoxy groups -OCH3 is 1. The Balaban J connectivity index is 1.62. The summed E-state index contributed by atoms with van der Waals surface area (Å²) >= 11 is 1.00. The highest BCUT2D eigenvalue weighted by atomic mass is 32.2. The third-order valence-corrected chi connectivity index (χ3v) is 5.82. The van der Waals surface area contributed by atoms with Gasteiger partial charge in [0.05, 0.1) is 35.0 Å². The molecule has 1 heterocycles. The maximum absolute atomic E-state index is 13.2. The SMILES string of the molecule is COc1ccc(-n2c(SCC(=O)Nc3cccc(C(F)(F)F)c3)nc3ccccc3c2=O)cc1. The maximum Gasteiger partial charge on any atom is 0.416 e. The minimum atomic E-state index is -4.51. The highest BCUT2D eigenvalue weighted by Crippen LogP contribution is 2.31. The van der Waals surface area contributed by atoms with Crippen LogP contribution in [0.1, 0.15) is 5.56 Å². The lowest BCUT2D eigenvalue weighted by atomic mass is 10.2. The van der Waals surface area contributed by atoms with Gasteiger partial charge in [0, 0.05) is 5.69 Å². The number of rotatable bonds is 6. The molecular formula is C24H18F3N3O3S. The van der Waals surface area contributed by atoms with Crippen LogP contribution < -0.4 is 15.6 Å². The summed E-state index contributed by atoms with van der Waals surface area (Å²) in [5.74, 6) is -0.0924. The van der Waals surface area contributed by atoms with Gasteiger partial charge in [0.15, 0.2) is 5.16 Å². The van der Waals surface area contributed by atoms with Gasteiger partial charge in [-0.1, -0.05) is 30.0 Å². The van der Waals surface area contributed by atoms with E-state index >= 15 is 0 Å². The number of ether oxygens (including phenoxy) is 1. The first kappa shape index (κ1) is 23.4. The van der Waals surface area contributed by atoms with E-state index in [2.05, 4.69) is 10.3 Å². The monoisotopic (exact) mass is 485 g/mol. The Bertz CT molecular complexity index is 1400. The molecule has 0 aliphatic carbocycles. The summed E-state index contributed by atoms with van der Waals surface area (Å²) < 4.78 is 45.3. The van der Waals surface area contributed by atoms with E-state index in [4.69, 9.17) is 4.74 Å². The number of anilines is 1. The summed E-state index contributed by atoms with van der Waals surface area (Å²) in [4.78, 5) is 30.3. The minimum Gasteiger partial charge on any atom is -0.497 e. The van der Waals surface area contributed by atoms with Gasteiger partial charge in [0.2, 0.25) is 5.91 Å². The lowest BCUT2D eigenvalue weighted by molar-refractivity contribution is -0.137. The van der Waals surface area contributed by atoms with Crippen LogP contribution in [0.4, 0.5) is 18.9 Å². The number of para-hydroxylation sites is 1. The predicted molar refractivity (Wildman–Crippen MR) is 125 cm³/mol. The van der Waals surface area contributed by atoms with Gasteiger partial charge in [0.25, 0.3) is 5.56 Å². The number of fused-ring (bicyclic) bond motifs is 1. The zero-order valence-electron chi connectivity index (χ0n) is 17.8. The largest absolute Gasteiger partial charge is 0.497 e. The van der Waals surface area contributed by atoms with Crippen molar-refractivity contribution in [3.05, 3.63) is 88.7 Å². The van der Waals surface area contributed by atoms with Gasteiger partial charge >= 0.3 is 6.18 Å². The third kappa shape index (κ3) is 5.07. The number of carbonyl (C=O) groups excluding carboxylic acids is 1. The van der Waals surface area contributed by atoms with Gasteiger partial charge in [-0.05, 0) is 54.6 Å². The molecule has 1 N–H and O–H groups in total. The Morgan fingerprint density at radius 3 is 2.50 bits per heavy atom. The number of aromatic nitrogens is 2. The number of carbonyl (C=O) groups is 1. The van der Waals surface area contributed by atoms with Crippen molar-refractivity contribution in [1.29, 1.82) is 0 Å². The smallest absolute Gasteiger partial charge is 0.416 e. The molecule has 0 bridgehead atoms. The molecule has 1 amide bonds. The van der Waals surface area contributed by atoms with Crippen LogP contribution in [0.5, 0.6) is 5.75 Å². The quantitative estimate of drug-likeness (QED) is 0.302. The molecule has 0 saturated heterocycles. The van der Waals surface area contributed by atoms with E-state index in [1.165, 1.54) is 23.8 Å². The van der Waals surface area contributed by atoms with E-state index in [1.807, 2.05) is 0 Å². The van der Waals surface area contributed by atoms with E-state index in [0.717, 1.165) is 23.9 Å². The molecule has 4 rings (SSSR count). The van der Waals surface area contributed by atoms with Crippen molar-refractivity contribution in [2.45, 2.75) is 11.3 Å². The number of hydrogen-bond acceptors (Lipinski definition) is 5. The van der Waals surface area contributed by atoms with Gasteiger partial charge in [-0.3, -0.25) is 14.2 Å². The Labute approximate surface area is 196 Å². The molecule has 0 atom stereocenters. The summed E-state index contributed by atoms with van der Waals surface area (Å²) in [6, 6.07) is 18.0. The Hall–Kier alpha value is -3.79. The van der Waals surface area contributed by atoms with Crippen molar-refractivity contribution in [3.63, 3.8) is 0 Å². The van der Waals surface area contributed by atoms with Crippen LogP contribution in [0, 0.1) is 0 Å². The van der Waals surface area contributed by atoms with Gasteiger partial charge in [-0.25, -0.2) is 4.98 Å². The third-order valence-electron chi connectivity index (χ3n) is 4.88. The van der Waals surface area contributed by atoms with E-state index in [0.29, 0.717) is 22.3 Å². The van der Waals surface area contributed by atoms with Crippen LogP contribution in [0.3, 0.4) is 0 Å². The number of nitrogens with one attached hydrogen (secondary N) is 1. The van der Waals surface area contributed by atoms with E-state index in [1.54, 1.807) is 48.5 Å². The van der Waals surface area contributed by atoms with Crippen LogP contribution in [0.15, 0.2) is 82.7 Å². The van der Waals surface area contributed by atoms with Gasteiger partial charge < -0.3 is 10.1 Å². The second kappa shape index (κ2) is 9.60. The number of amides is 1. The Morgan fingerprint density at radius 2 is 1.79 bits per heavy atom. The van der Waals surface area contributed by atoms with E-state index < -0.39 is 17.6 Å². The van der Waals surface area contributed by atoms with Gasteiger partial charge in [-0.2, -0.15) is 13.2 Å². The average molecular weight is 485 g/mol. The second-order valence-electron chi connectivity index (χ2n) is 7.17. The summed E-state index contributed by atoms with van der Waals surface area (Å²) in [5, 5.41) is 3.14. The maximum atomic E-state index is 13.2. The number of alkyl halides is 3. The molecule has 0 fully saturated rings. The molecule has 174 valence electrons. The number of benzene rings is 3. The molecule has 0 spiro atoms. The normalized spacial score (nSPS) is 11.4. The number of hydrogen-bond donors (Lipinski definition) is 1. The van der Waals surface area contributed by atoms with Crippen molar-refractivity contribution in [2.75, 3.05) is 18.2 Å². The molecule has 0 radical (unpaired) electrons. The summed E-state index contributed by atoms with van der Waals surface area (Å²) in [7, 11) is 1.53. The highest BCUT2D eigenvalue weighted by Gasteiger charge is 2.30. The van der Waals surface area contributed by atoms with E-state index in [9.17, 15) is 22.8 Å². The lowest BCUT2D eigenvalue weighted by Crippen LogP contribution is -2.23. The molecule has 1 aromatic heterocycles. The zero-order chi connectivity index (χ0) is 24.3. The van der Waals surface area contributed by atoms with E-state index in [-0.39, 0.29) is 22.2 Å². The standard InChI is InChI=1S/C24H18F3N3O3S/c1-33-18-11-9-17(10-12-18)30-22(32)19-7-2-3-8-20(19)29-23(30)34-14-21(31)28-16-6-4-5-15(13-16)24(25,26)27/h2-13H,14H2,1H3,(H,28,31). The highest BCUT2D eigenvalue weighted by molar-refractivity contribution is 7.99. The van der Waals surface area contributed by atoms with Crippen molar-refractivity contribution in [2.24, 2.45) is 0 Å². The summed E-state index contributed by atoms with van der Waals surface area (Å²) in [5.41, 5.74) is -0.138. The Kier molecular flexibility index (Phi) is 6.60. The van der Waals surface area contributed by atoms with Crippen LogP contribution in [-0.2, 0) is 11.0 Å². The van der Waals surface area contributed by atoms with Crippen LogP contribution in [0.25, 0.3) is 16.6 Å². The fraction of sp³-hybridized carbons (Fsp3) is 0.125. The molecule has 6 nitrogen and oxygen atoms in total. The first-order valence-electron chi connectivity index (χ1n) is 10.0. The average Bonchev–Trinajstić information content (AvgIpc) is 2.83. The van der Waals surface area contributed by atoms with Gasteiger partial charge in [-0.15, -0.1) is 0 Å². The van der Waals surface area contributed by atoms with Crippen LogP contribution in [0.2, 0.25) is 0 Å². The molecule has 34 heavy (non-hydrogen) atoms. The zero-order valence-corrected chi connectivity index (χ0v) is 18.6. The molecular weight excluding hydrogens is 467 g/mol. The van der Waals surface area contributed by atoms with Crippen molar-refractivity contribution in [1.82, 2.24) is 9.55 Å². The first-order chi connectivity index (χ1) is 16.3. The van der Waals surface area contributed by atoms with Crippen molar-refractivity contribution >= 4 is 34.3 Å². The second-order valence-corrected chi connectivity index (χ2v) is 8.11. The molecule has 4 aromatic rings. The lowest BCUT2D eigenvalue weighted by Gasteiger charge is -2.14. The number of halogens is 3. The van der Waals surface area contributed by atoms with Gasteiger partial charge in [0.1, 0.15) is 5.75 Å². The summed E-state index contributed by atoms with van der Waals surface area (Å²) in [6.07, 6.45) is -4.51. The first-order valence-corrected chi connectivity index (χ1v) is 11.0. The molecule has 0 unspecified atom stereocenters. The minimum absolute atomic E-state index is 0.0273. The Morgan fingerprint density at radius 1 is 1.06 bits per heavy atom. The summed E-state index contributed by atoms with van der Waals surface area (Å²) in [6.45, 7) is 0. The fourth-order valence-corrected chi connectivity index (χ4v) is 4.08. The molecule has 0 saturated carbocycles. The predicted octanol–water partition coefficient (Wildman–Crippen LogP) is 5.14. The molecule has 0 aliphatic rings. The fourth-order valence-electron chi connectivity index (χ4n) is 3.27. The van der Waals surface area contributed by atoms with Crippen molar-refractivity contribution in [3.8, 4) is 11.4 Å².